The molecule has 158 valence electrons. The molecule has 1 N–H and O–H groups in total. The van der Waals surface area contributed by atoms with E-state index in [9.17, 15) is 18.0 Å². The van der Waals surface area contributed by atoms with E-state index in [4.69, 9.17) is 28.0 Å². The number of alkyl halides is 3. The first kappa shape index (κ1) is 21.3. The summed E-state index contributed by atoms with van der Waals surface area (Å²) in [5, 5.41) is 6.52. The van der Waals surface area contributed by atoms with Gasteiger partial charge in [0.25, 0.3) is 5.60 Å². The first-order chi connectivity index (χ1) is 14.2. The van der Waals surface area contributed by atoms with E-state index in [1.165, 1.54) is 30.0 Å². The van der Waals surface area contributed by atoms with Crippen LogP contribution in [0.1, 0.15) is 24.0 Å². The molecule has 4 nitrogen and oxygen atoms in total. The van der Waals surface area contributed by atoms with Crippen molar-refractivity contribution in [3.8, 4) is 0 Å². The third-order valence-electron chi connectivity index (χ3n) is 4.98. The summed E-state index contributed by atoms with van der Waals surface area (Å²) >= 11 is 13.3. The Kier molecular flexibility index (Phi) is 5.67. The number of nitrogens with zero attached hydrogens (tertiary/aromatic N) is 1. The molecule has 30 heavy (non-hydrogen) atoms. The van der Waals surface area contributed by atoms with E-state index in [0.29, 0.717) is 12.1 Å². The minimum absolute atomic E-state index is 0.00668. The van der Waals surface area contributed by atoms with Crippen LogP contribution in [-0.4, -0.2) is 29.6 Å². The second-order valence-corrected chi connectivity index (χ2v) is 9.15. The summed E-state index contributed by atoms with van der Waals surface area (Å²) in [5.41, 5.74) is -2.19. The smallest absolute Gasteiger partial charge is 0.374 e. The average Bonchev–Trinajstić information content (AvgIpc) is 3.29. The van der Waals surface area contributed by atoms with Gasteiger partial charge in [-0.25, -0.2) is 0 Å². The molecule has 2 aliphatic rings. The normalized spacial score (nSPS) is 23.8. The van der Waals surface area contributed by atoms with E-state index < -0.39 is 18.2 Å². The van der Waals surface area contributed by atoms with Gasteiger partial charge in [0.2, 0.25) is 5.91 Å². The minimum atomic E-state index is -4.74. The molecule has 2 unspecified atom stereocenters. The first-order valence-corrected chi connectivity index (χ1v) is 10.6. The summed E-state index contributed by atoms with van der Waals surface area (Å²) < 4.78 is 42.2. The van der Waals surface area contributed by atoms with Crippen molar-refractivity contribution in [1.82, 2.24) is 5.32 Å². The lowest BCUT2D eigenvalue weighted by Gasteiger charge is -2.29. The molecule has 10 heteroatoms. The first-order valence-electron chi connectivity index (χ1n) is 9.01. The maximum atomic E-state index is 14.1. The molecule has 0 saturated carbocycles. The lowest BCUT2D eigenvalue weighted by atomic mass is 9.86. The number of carbonyl (C=O) groups excluding carboxylic acids is 1. The Balaban J connectivity index is 1.57. The second kappa shape index (κ2) is 7.98. The molecular formula is C20H15Cl2F3N2O2S. The fraction of sp³-hybridized carbons (Fsp3) is 0.300. The standard InChI is InChI=1S/C20H15Cl2F3N2O2S/c21-13-7-12(8-14(22)9-13)19(20(23,24)25)10-16(27-29-19)11-1-3-15(4-2-11)30-17-5-6-26-18(17)28/h1-4,7-9,17H,5-6,10H2,(H,26,28). The van der Waals surface area contributed by atoms with Gasteiger partial charge in [0.1, 0.15) is 0 Å². The van der Waals surface area contributed by atoms with E-state index in [1.54, 1.807) is 24.3 Å². The summed E-state index contributed by atoms with van der Waals surface area (Å²) in [6, 6.07) is 10.6. The molecule has 2 atom stereocenters. The van der Waals surface area contributed by atoms with Gasteiger partial charge in [0, 0.05) is 33.5 Å². The summed E-state index contributed by atoms with van der Waals surface area (Å²) in [6.45, 7) is 0.649. The number of benzene rings is 2. The van der Waals surface area contributed by atoms with Crippen LogP contribution in [0.25, 0.3) is 0 Å². The topological polar surface area (TPSA) is 50.7 Å². The Labute approximate surface area is 184 Å². The van der Waals surface area contributed by atoms with Crippen LogP contribution in [-0.2, 0) is 15.2 Å². The van der Waals surface area contributed by atoms with Gasteiger partial charge in [0.05, 0.1) is 11.0 Å². The molecule has 1 fully saturated rings. The van der Waals surface area contributed by atoms with Gasteiger partial charge >= 0.3 is 6.18 Å². The van der Waals surface area contributed by atoms with Gasteiger partial charge in [0.15, 0.2) is 0 Å². The quantitative estimate of drug-likeness (QED) is 0.631. The number of halogens is 5. The van der Waals surface area contributed by atoms with Gasteiger partial charge < -0.3 is 10.2 Å². The van der Waals surface area contributed by atoms with Gasteiger partial charge in [-0.05, 0) is 42.3 Å². The molecule has 1 saturated heterocycles. The Morgan fingerprint density at radius 2 is 1.80 bits per heavy atom. The molecule has 0 bridgehead atoms. The highest BCUT2D eigenvalue weighted by Crippen LogP contribution is 2.49. The summed E-state index contributed by atoms with van der Waals surface area (Å²) in [4.78, 5) is 17.6. The van der Waals surface area contributed by atoms with E-state index >= 15 is 0 Å². The van der Waals surface area contributed by atoms with E-state index in [1.807, 2.05) is 0 Å². The predicted octanol–water partition coefficient (Wildman–Crippen LogP) is 5.56. The third kappa shape index (κ3) is 4.00. The average molecular weight is 475 g/mol. The number of thioether (sulfide) groups is 1. The van der Waals surface area contributed by atoms with E-state index in [0.717, 1.165) is 11.3 Å². The van der Waals surface area contributed by atoms with Crippen LogP contribution in [0.15, 0.2) is 52.5 Å². The van der Waals surface area contributed by atoms with Gasteiger partial charge in [-0.3, -0.25) is 4.79 Å². The predicted molar refractivity (Wildman–Crippen MR) is 110 cm³/mol. The Bertz CT molecular complexity index is 994. The van der Waals surface area contributed by atoms with Crippen LogP contribution in [0.2, 0.25) is 10.0 Å². The van der Waals surface area contributed by atoms with Crippen LogP contribution in [0.4, 0.5) is 13.2 Å². The highest BCUT2D eigenvalue weighted by atomic mass is 35.5. The highest BCUT2D eigenvalue weighted by Gasteiger charge is 2.62. The molecule has 4 rings (SSSR count). The van der Waals surface area contributed by atoms with Crippen LogP contribution in [0.3, 0.4) is 0 Å². The van der Waals surface area contributed by atoms with Crippen LogP contribution >= 0.6 is 35.0 Å². The Morgan fingerprint density at radius 3 is 2.37 bits per heavy atom. The zero-order valence-electron chi connectivity index (χ0n) is 15.3. The number of oxime groups is 1. The lowest BCUT2D eigenvalue weighted by Crippen LogP contribution is -2.42. The molecular weight excluding hydrogens is 460 g/mol. The van der Waals surface area contributed by atoms with Crippen molar-refractivity contribution in [3.05, 3.63) is 63.6 Å². The number of rotatable bonds is 4. The Morgan fingerprint density at radius 1 is 1.13 bits per heavy atom. The maximum absolute atomic E-state index is 14.1. The number of carbonyl (C=O) groups is 1. The van der Waals surface area contributed by atoms with Crippen molar-refractivity contribution in [2.24, 2.45) is 5.16 Å². The largest absolute Gasteiger partial charge is 0.435 e. The molecule has 2 aliphatic heterocycles. The van der Waals surface area contributed by atoms with Crippen molar-refractivity contribution in [2.45, 2.75) is 34.8 Å². The van der Waals surface area contributed by atoms with E-state index in [2.05, 4.69) is 10.5 Å². The zero-order valence-corrected chi connectivity index (χ0v) is 17.6. The monoisotopic (exact) mass is 474 g/mol. The summed E-state index contributed by atoms with van der Waals surface area (Å²) in [5.74, 6) is -0.00668. The third-order valence-corrected chi connectivity index (χ3v) is 6.69. The second-order valence-electron chi connectivity index (χ2n) is 7.00. The number of hydrogen-bond donors (Lipinski definition) is 1. The molecule has 0 aliphatic carbocycles. The number of amides is 1. The van der Waals surface area contributed by atoms with Crippen molar-refractivity contribution >= 4 is 46.6 Å². The molecule has 1 amide bonds. The van der Waals surface area contributed by atoms with Gasteiger partial charge in [-0.2, -0.15) is 13.2 Å². The van der Waals surface area contributed by atoms with Gasteiger partial charge in [-0.1, -0.05) is 40.5 Å². The van der Waals surface area contributed by atoms with Crippen molar-refractivity contribution in [3.63, 3.8) is 0 Å². The van der Waals surface area contributed by atoms with Crippen molar-refractivity contribution in [1.29, 1.82) is 0 Å². The van der Waals surface area contributed by atoms with Crippen LogP contribution in [0.5, 0.6) is 0 Å². The fourth-order valence-electron chi connectivity index (χ4n) is 3.42. The molecule has 2 heterocycles. The fourth-order valence-corrected chi connectivity index (χ4v) is 4.99. The molecule has 0 aromatic heterocycles. The molecule has 0 radical (unpaired) electrons. The number of nitrogens with one attached hydrogen (secondary N) is 1. The van der Waals surface area contributed by atoms with Crippen LogP contribution in [0, 0.1) is 0 Å². The highest BCUT2D eigenvalue weighted by molar-refractivity contribution is 8.00. The van der Waals surface area contributed by atoms with Crippen LogP contribution < -0.4 is 5.32 Å². The zero-order chi connectivity index (χ0) is 21.5. The van der Waals surface area contributed by atoms with Crippen molar-refractivity contribution < 1.29 is 22.8 Å². The lowest BCUT2D eigenvalue weighted by molar-refractivity contribution is -0.275. The summed E-state index contributed by atoms with van der Waals surface area (Å²) in [6.07, 6.45) is -4.51. The van der Waals surface area contributed by atoms with Crippen molar-refractivity contribution in [2.75, 3.05) is 6.54 Å². The minimum Gasteiger partial charge on any atom is -0.374 e. The summed E-state index contributed by atoms with van der Waals surface area (Å²) in [7, 11) is 0. The van der Waals surface area contributed by atoms with Gasteiger partial charge in [-0.15, -0.1) is 11.8 Å². The molecule has 0 spiro atoms. The number of hydrogen-bond acceptors (Lipinski definition) is 4. The SMILES string of the molecule is O=C1NCCC1Sc1ccc(C2=NOC(c3cc(Cl)cc(Cl)c3)(C(F)(F)F)C2)cc1. The Hall–Kier alpha value is -1.90. The van der Waals surface area contributed by atoms with E-state index in [-0.39, 0.29) is 32.5 Å². The maximum Gasteiger partial charge on any atom is 0.435 e. The molecule has 2 aromatic carbocycles. The molecule has 2 aromatic rings.